The SMILES string of the molecule is COc1cc(O)ccc1/C=C/C=O. The number of hydrogen-bond donors (Lipinski definition) is 1. The van der Waals surface area contributed by atoms with E-state index in [1.807, 2.05) is 0 Å². The van der Waals surface area contributed by atoms with E-state index >= 15 is 0 Å². The molecule has 0 saturated heterocycles. The Balaban J connectivity index is 3.05. The van der Waals surface area contributed by atoms with Crippen LogP contribution < -0.4 is 4.74 Å². The molecule has 0 bridgehead atoms. The van der Waals surface area contributed by atoms with Crippen molar-refractivity contribution < 1.29 is 14.6 Å². The molecule has 0 aliphatic rings. The first-order chi connectivity index (χ1) is 6.27. The third kappa shape index (κ3) is 2.33. The summed E-state index contributed by atoms with van der Waals surface area (Å²) in [7, 11) is 1.51. The van der Waals surface area contributed by atoms with Crippen LogP contribution in [0, 0.1) is 0 Å². The monoisotopic (exact) mass is 178 g/mol. The second-order valence-electron chi connectivity index (χ2n) is 2.42. The molecule has 0 amide bonds. The number of allylic oxidation sites excluding steroid dienone is 1. The number of ether oxygens (including phenoxy) is 1. The number of phenolic OH excluding ortho intramolecular Hbond substituents is 1. The molecule has 3 heteroatoms. The Kier molecular flexibility index (Phi) is 3.09. The lowest BCUT2D eigenvalue weighted by Crippen LogP contribution is -1.86. The number of aldehydes is 1. The van der Waals surface area contributed by atoms with Gasteiger partial charge in [0.15, 0.2) is 0 Å². The molecule has 0 aliphatic heterocycles. The standard InChI is InChI=1S/C10H10O3/c1-13-10-7-9(12)5-4-8(10)3-2-6-11/h2-7,12H,1H3/b3-2+. The van der Waals surface area contributed by atoms with E-state index in [-0.39, 0.29) is 5.75 Å². The highest BCUT2D eigenvalue weighted by molar-refractivity contribution is 5.75. The summed E-state index contributed by atoms with van der Waals surface area (Å²) in [5.74, 6) is 0.679. The first kappa shape index (κ1) is 9.32. The van der Waals surface area contributed by atoms with Crippen molar-refractivity contribution in [3.05, 3.63) is 29.8 Å². The molecule has 1 rings (SSSR count). The van der Waals surface area contributed by atoms with Crippen LogP contribution in [0.2, 0.25) is 0 Å². The topological polar surface area (TPSA) is 46.5 Å². The van der Waals surface area contributed by atoms with Crippen molar-refractivity contribution in [2.75, 3.05) is 7.11 Å². The molecule has 68 valence electrons. The highest BCUT2D eigenvalue weighted by Gasteiger charge is 1.99. The van der Waals surface area contributed by atoms with E-state index < -0.39 is 0 Å². The molecule has 0 fully saturated rings. The Morgan fingerprint density at radius 1 is 1.46 bits per heavy atom. The summed E-state index contributed by atoms with van der Waals surface area (Å²) in [4.78, 5) is 10.1. The van der Waals surface area contributed by atoms with Crippen molar-refractivity contribution in [1.29, 1.82) is 0 Å². The van der Waals surface area contributed by atoms with Crippen LogP contribution in [-0.4, -0.2) is 18.5 Å². The first-order valence-corrected chi connectivity index (χ1v) is 3.77. The summed E-state index contributed by atoms with van der Waals surface area (Å²) in [6.07, 6.45) is 3.67. The number of benzene rings is 1. The van der Waals surface area contributed by atoms with Crippen molar-refractivity contribution in [3.63, 3.8) is 0 Å². The normalized spacial score (nSPS) is 10.2. The number of methoxy groups -OCH3 is 1. The van der Waals surface area contributed by atoms with Gasteiger partial charge >= 0.3 is 0 Å². The zero-order valence-electron chi connectivity index (χ0n) is 7.23. The van der Waals surface area contributed by atoms with Gasteiger partial charge in [0.1, 0.15) is 17.8 Å². The molecule has 0 heterocycles. The third-order valence-electron chi connectivity index (χ3n) is 1.57. The molecule has 0 radical (unpaired) electrons. The maximum atomic E-state index is 10.1. The van der Waals surface area contributed by atoms with E-state index in [2.05, 4.69) is 0 Å². The van der Waals surface area contributed by atoms with Crippen LogP contribution in [0.25, 0.3) is 6.08 Å². The molecule has 0 unspecified atom stereocenters. The van der Waals surface area contributed by atoms with Crippen molar-refractivity contribution >= 4 is 12.4 Å². The molecular formula is C10H10O3. The molecular weight excluding hydrogens is 168 g/mol. The summed E-state index contributed by atoms with van der Waals surface area (Å²) < 4.78 is 5.00. The van der Waals surface area contributed by atoms with Gasteiger partial charge < -0.3 is 9.84 Å². The summed E-state index contributed by atoms with van der Waals surface area (Å²) >= 11 is 0. The van der Waals surface area contributed by atoms with Gasteiger partial charge in [-0.05, 0) is 24.3 Å². The molecule has 1 aromatic carbocycles. The summed E-state index contributed by atoms with van der Waals surface area (Å²) in [5, 5.41) is 9.12. The fourth-order valence-corrected chi connectivity index (χ4v) is 0.980. The average molecular weight is 178 g/mol. The van der Waals surface area contributed by atoms with Crippen LogP contribution >= 0.6 is 0 Å². The first-order valence-electron chi connectivity index (χ1n) is 3.77. The largest absolute Gasteiger partial charge is 0.508 e. The summed E-state index contributed by atoms with van der Waals surface area (Å²) in [6.45, 7) is 0. The zero-order chi connectivity index (χ0) is 9.68. The third-order valence-corrected chi connectivity index (χ3v) is 1.57. The van der Waals surface area contributed by atoms with Gasteiger partial charge in [-0.15, -0.1) is 0 Å². The Morgan fingerprint density at radius 2 is 2.23 bits per heavy atom. The molecule has 0 aliphatic carbocycles. The van der Waals surface area contributed by atoms with Gasteiger partial charge in [0.05, 0.1) is 7.11 Å². The Labute approximate surface area is 76.3 Å². The summed E-state index contributed by atoms with van der Waals surface area (Å²) in [6, 6.07) is 4.70. The molecule has 0 spiro atoms. The number of carbonyl (C=O) groups is 1. The number of hydrogen-bond acceptors (Lipinski definition) is 3. The quantitative estimate of drug-likeness (QED) is 0.565. The zero-order valence-corrected chi connectivity index (χ0v) is 7.23. The van der Waals surface area contributed by atoms with E-state index in [1.54, 1.807) is 12.1 Å². The van der Waals surface area contributed by atoms with Crippen LogP contribution in [0.3, 0.4) is 0 Å². The van der Waals surface area contributed by atoms with Crippen LogP contribution in [0.1, 0.15) is 5.56 Å². The van der Waals surface area contributed by atoms with E-state index in [0.29, 0.717) is 12.0 Å². The Hall–Kier alpha value is -1.77. The van der Waals surface area contributed by atoms with E-state index in [1.165, 1.54) is 25.3 Å². The average Bonchev–Trinajstić information content (AvgIpc) is 2.16. The van der Waals surface area contributed by atoms with Gasteiger partial charge in [-0.1, -0.05) is 0 Å². The molecule has 0 atom stereocenters. The lowest BCUT2D eigenvalue weighted by atomic mass is 10.2. The fourth-order valence-electron chi connectivity index (χ4n) is 0.980. The van der Waals surface area contributed by atoms with Crippen molar-refractivity contribution in [1.82, 2.24) is 0 Å². The summed E-state index contributed by atoms with van der Waals surface area (Å²) in [5.41, 5.74) is 0.757. The number of phenols is 1. The van der Waals surface area contributed by atoms with Crippen molar-refractivity contribution in [3.8, 4) is 11.5 Å². The Morgan fingerprint density at radius 3 is 2.85 bits per heavy atom. The lowest BCUT2D eigenvalue weighted by Gasteiger charge is -2.04. The van der Waals surface area contributed by atoms with Crippen LogP contribution in [0.5, 0.6) is 11.5 Å². The highest BCUT2D eigenvalue weighted by Crippen LogP contribution is 2.24. The molecule has 0 saturated carbocycles. The van der Waals surface area contributed by atoms with Crippen molar-refractivity contribution in [2.24, 2.45) is 0 Å². The van der Waals surface area contributed by atoms with Gasteiger partial charge in [0.2, 0.25) is 0 Å². The number of rotatable bonds is 3. The minimum absolute atomic E-state index is 0.139. The lowest BCUT2D eigenvalue weighted by molar-refractivity contribution is -0.104. The molecule has 1 N–H and O–H groups in total. The van der Waals surface area contributed by atoms with Crippen molar-refractivity contribution in [2.45, 2.75) is 0 Å². The van der Waals surface area contributed by atoms with Crippen LogP contribution in [0.15, 0.2) is 24.3 Å². The van der Waals surface area contributed by atoms with Gasteiger partial charge in [0.25, 0.3) is 0 Å². The maximum Gasteiger partial charge on any atom is 0.142 e. The minimum Gasteiger partial charge on any atom is -0.508 e. The van der Waals surface area contributed by atoms with E-state index in [9.17, 15) is 4.79 Å². The second-order valence-corrected chi connectivity index (χ2v) is 2.42. The number of carbonyl (C=O) groups excluding carboxylic acids is 1. The predicted molar refractivity (Wildman–Crippen MR) is 49.8 cm³/mol. The molecule has 13 heavy (non-hydrogen) atoms. The highest BCUT2D eigenvalue weighted by atomic mass is 16.5. The van der Waals surface area contributed by atoms with Gasteiger partial charge in [-0.2, -0.15) is 0 Å². The molecule has 1 aromatic rings. The van der Waals surface area contributed by atoms with Gasteiger partial charge in [0, 0.05) is 11.6 Å². The van der Waals surface area contributed by atoms with Gasteiger partial charge in [-0.3, -0.25) is 4.79 Å². The van der Waals surface area contributed by atoms with E-state index in [4.69, 9.17) is 9.84 Å². The van der Waals surface area contributed by atoms with Crippen LogP contribution in [-0.2, 0) is 4.79 Å². The van der Waals surface area contributed by atoms with Gasteiger partial charge in [-0.25, -0.2) is 0 Å². The minimum atomic E-state index is 0.139. The van der Waals surface area contributed by atoms with Crippen LogP contribution in [0.4, 0.5) is 0 Å². The molecule has 0 aromatic heterocycles. The second kappa shape index (κ2) is 4.30. The molecule has 3 nitrogen and oxygen atoms in total. The van der Waals surface area contributed by atoms with E-state index in [0.717, 1.165) is 5.56 Å². The smallest absolute Gasteiger partial charge is 0.142 e. The number of aromatic hydroxyl groups is 1. The fraction of sp³-hybridized carbons (Fsp3) is 0.100. The Bertz CT molecular complexity index is 329. The predicted octanol–water partition coefficient (Wildman–Crippen LogP) is 1.61. The maximum absolute atomic E-state index is 10.1.